The Kier molecular flexibility index (Phi) is 5.70. The second-order valence-corrected chi connectivity index (χ2v) is 6.88. The van der Waals surface area contributed by atoms with Gasteiger partial charge in [0.1, 0.15) is 12.1 Å². The molecule has 0 unspecified atom stereocenters. The van der Waals surface area contributed by atoms with Crippen LogP contribution in [0.15, 0.2) is 29.1 Å². The van der Waals surface area contributed by atoms with Crippen molar-refractivity contribution >= 4 is 23.3 Å². The first-order valence-electron chi connectivity index (χ1n) is 8.18. The second kappa shape index (κ2) is 8.15. The molecule has 25 heavy (non-hydrogen) atoms. The molecule has 3 rings (SSSR count). The number of hydrogen-bond acceptors (Lipinski definition) is 6. The Morgan fingerprint density at radius 1 is 1.40 bits per heavy atom. The van der Waals surface area contributed by atoms with Crippen LogP contribution in [0.25, 0.3) is 5.65 Å². The van der Waals surface area contributed by atoms with Crippen LogP contribution in [0, 0.1) is 13.8 Å². The van der Waals surface area contributed by atoms with Gasteiger partial charge in [0, 0.05) is 24.3 Å². The van der Waals surface area contributed by atoms with Crippen LogP contribution < -0.4 is 5.32 Å². The molecule has 0 aromatic carbocycles. The van der Waals surface area contributed by atoms with E-state index in [1.54, 1.807) is 28.9 Å². The number of furan rings is 1. The summed E-state index contributed by atoms with van der Waals surface area (Å²) in [6.07, 6.45) is 4.36. The second-order valence-electron chi connectivity index (χ2n) is 5.77. The van der Waals surface area contributed by atoms with E-state index < -0.39 is 0 Å². The summed E-state index contributed by atoms with van der Waals surface area (Å²) in [5.74, 6) is 2.70. The third-order valence-electron chi connectivity index (χ3n) is 4.01. The van der Waals surface area contributed by atoms with E-state index in [2.05, 4.69) is 20.6 Å². The molecule has 0 aliphatic heterocycles. The van der Waals surface area contributed by atoms with Crippen LogP contribution in [0.5, 0.6) is 0 Å². The molecular formula is C17H21N5O2S. The standard InChI is InChI=1S/C17H21N5O2S/c1-12-15(13(2)21-22-11-19-20-17(12)22)5-6-16(23)18-7-9-25-10-14-4-3-8-24-14/h3-4,8,11H,5-7,9-10H2,1-2H3,(H,18,23). The Morgan fingerprint density at radius 3 is 3.08 bits per heavy atom. The van der Waals surface area contributed by atoms with Crippen molar-refractivity contribution in [1.82, 2.24) is 25.1 Å². The molecule has 1 amide bonds. The quantitative estimate of drug-likeness (QED) is 0.621. The van der Waals surface area contributed by atoms with Crippen molar-refractivity contribution in [2.45, 2.75) is 32.4 Å². The van der Waals surface area contributed by atoms with Crippen LogP contribution in [0.4, 0.5) is 0 Å². The van der Waals surface area contributed by atoms with Crippen molar-refractivity contribution in [1.29, 1.82) is 0 Å². The highest BCUT2D eigenvalue weighted by Gasteiger charge is 2.12. The molecule has 8 heteroatoms. The molecule has 0 radical (unpaired) electrons. The zero-order valence-electron chi connectivity index (χ0n) is 14.4. The van der Waals surface area contributed by atoms with Gasteiger partial charge in [-0.05, 0) is 38.0 Å². The first kappa shape index (κ1) is 17.5. The monoisotopic (exact) mass is 359 g/mol. The van der Waals surface area contributed by atoms with E-state index in [0.29, 0.717) is 19.4 Å². The van der Waals surface area contributed by atoms with Crippen molar-refractivity contribution < 1.29 is 9.21 Å². The molecule has 0 aliphatic carbocycles. The van der Waals surface area contributed by atoms with Gasteiger partial charge >= 0.3 is 0 Å². The molecule has 7 nitrogen and oxygen atoms in total. The van der Waals surface area contributed by atoms with E-state index in [4.69, 9.17) is 4.42 Å². The number of aromatic nitrogens is 4. The van der Waals surface area contributed by atoms with Crippen molar-refractivity contribution in [3.63, 3.8) is 0 Å². The Bertz CT molecular complexity index is 844. The zero-order valence-corrected chi connectivity index (χ0v) is 15.2. The summed E-state index contributed by atoms with van der Waals surface area (Å²) in [4.78, 5) is 12.1. The van der Waals surface area contributed by atoms with Gasteiger partial charge in [0.15, 0.2) is 5.65 Å². The fourth-order valence-corrected chi connectivity index (χ4v) is 3.46. The lowest BCUT2D eigenvalue weighted by Crippen LogP contribution is -2.26. The third kappa shape index (κ3) is 4.39. The molecule has 0 fully saturated rings. The molecule has 0 spiro atoms. The van der Waals surface area contributed by atoms with Gasteiger partial charge in [-0.1, -0.05) is 0 Å². The van der Waals surface area contributed by atoms with Gasteiger partial charge in [-0.25, -0.2) is 4.52 Å². The number of hydrogen-bond donors (Lipinski definition) is 1. The summed E-state index contributed by atoms with van der Waals surface area (Å²) in [7, 11) is 0. The lowest BCUT2D eigenvalue weighted by Gasteiger charge is -2.10. The Hall–Kier alpha value is -2.35. The summed E-state index contributed by atoms with van der Waals surface area (Å²) in [6.45, 7) is 4.60. The van der Waals surface area contributed by atoms with Crippen molar-refractivity contribution in [2.75, 3.05) is 12.3 Å². The van der Waals surface area contributed by atoms with E-state index in [1.165, 1.54) is 0 Å². The molecule has 3 heterocycles. The first-order valence-corrected chi connectivity index (χ1v) is 9.33. The van der Waals surface area contributed by atoms with Gasteiger partial charge in [0.05, 0.1) is 17.7 Å². The SMILES string of the molecule is Cc1nn2cnnc2c(C)c1CCC(=O)NCCSCc1ccco1. The van der Waals surface area contributed by atoms with Crippen LogP contribution >= 0.6 is 11.8 Å². The average Bonchev–Trinajstić information content (AvgIpc) is 3.25. The minimum atomic E-state index is 0.0544. The highest BCUT2D eigenvalue weighted by Crippen LogP contribution is 2.17. The number of thioether (sulfide) groups is 1. The van der Waals surface area contributed by atoms with E-state index in [1.807, 2.05) is 26.0 Å². The molecule has 132 valence electrons. The largest absolute Gasteiger partial charge is 0.468 e. The Balaban J connectivity index is 1.43. The van der Waals surface area contributed by atoms with Crippen molar-refractivity contribution in [3.05, 3.63) is 47.3 Å². The number of nitrogens with zero attached hydrogens (tertiary/aromatic N) is 4. The zero-order chi connectivity index (χ0) is 17.6. The smallest absolute Gasteiger partial charge is 0.220 e. The van der Waals surface area contributed by atoms with Crippen molar-refractivity contribution in [3.8, 4) is 0 Å². The van der Waals surface area contributed by atoms with Crippen LogP contribution in [-0.4, -0.2) is 38.0 Å². The lowest BCUT2D eigenvalue weighted by atomic mass is 10.0. The predicted octanol–water partition coefficient (Wildman–Crippen LogP) is 2.32. The maximum Gasteiger partial charge on any atom is 0.220 e. The van der Waals surface area contributed by atoms with Crippen LogP contribution in [0.2, 0.25) is 0 Å². The number of carbonyl (C=O) groups excluding carboxylic acids is 1. The van der Waals surface area contributed by atoms with Gasteiger partial charge in [-0.15, -0.1) is 10.2 Å². The molecule has 0 aliphatic rings. The maximum absolute atomic E-state index is 12.1. The summed E-state index contributed by atoms with van der Waals surface area (Å²) in [6, 6.07) is 3.84. The molecule has 3 aromatic rings. The summed E-state index contributed by atoms with van der Waals surface area (Å²) < 4.78 is 6.94. The highest BCUT2D eigenvalue weighted by molar-refractivity contribution is 7.98. The lowest BCUT2D eigenvalue weighted by molar-refractivity contribution is -0.120. The topological polar surface area (TPSA) is 85.3 Å². The number of amides is 1. The number of fused-ring (bicyclic) bond motifs is 1. The normalized spacial score (nSPS) is 11.1. The predicted molar refractivity (Wildman–Crippen MR) is 96.5 cm³/mol. The van der Waals surface area contributed by atoms with Gasteiger partial charge < -0.3 is 9.73 Å². The summed E-state index contributed by atoms with van der Waals surface area (Å²) >= 11 is 1.74. The van der Waals surface area contributed by atoms with Gasteiger partial charge in [0.25, 0.3) is 0 Å². The number of rotatable bonds is 8. The van der Waals surface area contributed by atoms with Gasteiger partial charge in [0.2, 0.25) is 5.91 Å². The summed E-state index contributed by atoms with van der Waals surface area (Å²) in [5, 5.41) is 15.3. The molecule has 0 saturated heterocycles. The van der Waals surface area contributed by atoms with Crippen LogP contribution in [-0.2, 0) is 17.0 Å². The third-order valence-corrected chi connectivity index (χ3v) is 4.99. The van der Waals surface area contributed by atoms with E-state index in [-0.39, 0.29) is 5.91 Å². The first-order chi connectivity index (χ1) is 12.1. The van der Waals surface area contributed by atoms with E-state index in [0.717, 1.165) is 39.7 Å². The number of nitrogens with one attached hydrogen (secondary N) is 1. The van der Waals surface area contributed by atoms with E-state index in [9.17, 15) is 4.79 Å². The highest BCUT2D eigenvalue weighted by atomic mass is 32.2. The number of aryl methyl sites for hydroxylation is 2. The molecular weight excluding hydrogens is 338 g/mol. The maximum atomic E-state index is 12.1. The van der Waals surface area contributed by atoms with Crippen LogP contribution in [0.3, 0.4) is 0 Å². The van der Waals surface area contributed by atoms with Gasteiger partial charge in [-0.2, -0.15) is 16.9 Å². The van der Waals surface area contributed by atoms with Gasteiger partial charge in [-0.3, -0.25) is 4.79 Å². The van der Waals surface area contributed by atoms with Crippen LogP contribution in [0.1, 0.15) is 29.0 Å². The summed E-state index contributed by atoms with van der Waals surface area (Å²) in [5.41, 5.74) is 3.76. The molecule has 0 saturated carbocycles. The fourth-order valence-electron chi connectivity index (χ4n) is 2.70. The Labute approximate surface area is 150 Å². The average molecular weight is 359 g/mol. The molecule has 0 atom stereocenters. The number of carbonyl (C=O) groups is 1. The van der Waals surface area contributed by atoms with E-state index >= 15 is 0 Å². The Morgan fingerprint density at radius 2 is 2.28 bits per heavy atom. The minimum Gasteiger partial charge on any atom is -0.468 e. The minimum absolute atomic E-state index is 0.0544. The van der Waals surface area contributed by atoms with Crippen molar-refractivity contribution in [2.24, 2.45) is 0 Å². The molecule has 1 N–H and O–H groups in total. The molecule has 0 bridgehead atoms. The fraction of sp³-hybridized carbons (Fsp3) is 0.412. The molecule has 3 aromatic heterocycles.